The van der Waals surface area contributed by atoms with Gasteiger partial charge >= 0.3 is 5.97 Å². The van der Waals surface area contributed by atoms with E-state index in [4.69, 9.17) is 4.74 Å². The van der Waals surface area contributed by atoms with E-state index in [9.17, 15) is 4.79 Å². The summed E-state index contributed by atoms with van der Waals surface area (Å²) in [6.45, 7) is 6.14. The molecule has 1 aromatic rings. The van der Waals surface area contributed by atoms with Gasteiger partial charge in [0, 0.05) is 18.1 Å². The van der Waals surface area contributed by atoms with Gasteiger partial charge in [-0.2, -0.15) is 0 Å². The molecule has 120 valence electrons. The van der Waals surface area contributed by atoms with Gasteiger partial charge < -0.3 is 4.74 Å². The summed E-state index contributed by atoms with van der Waals surface area (Å²) < 4.78 is 5.51. The Bertz CT molecular complexity index is 513. The van der Waals surface area contributed by atoms with Crippen LogP contribution in [-0.4, -0.2) is 29.1 Å². The van der Waals surface area contributed by atoms with E-state index in [1.807, 2.05) is 13.8 Å². The second-order valence-corrected chi connectivity index (χ2v) is 7.00. The van der Waals surface area contributed by atoms with Crippen molar-refractivity contribution in [2.45, 2.75) is 70.7 Å². The molecule has 0 aliphatic carbocycles. The van der Waals surface area contributed by atoms with E-state index in [0.717, 1.165) is 19.3 Å². The number of benzene rings is 1. The Morgan fingerprint density at radius 3 is 2.45 bits per heavy atom. The first kappa shape index (κ1) is 15.5. The molecule has 2 bridgehead atoms. The smallest absolute Gasteiger partial charge is 0.310 e. The van der Waals surface area contributed by atoms with Crippen molar-refractivity contribution in [2.24, 2.45) is 5.92 Å². The maximum absolute atomic E-state index is 12.5. The average Bonchev–Trinajstić information content (AvgIpc) is 2.79. The molecule has 2 fully saturated rings. The van der Waals surface area contributed by atoms with Gasteiger partial charge in [-0.15, -0.1) is 0 Å². The van der Waals surface area contributed by atoms with E-state index in [2.05, 4.69) is 42.2 Å². The number of hydrogen-bond donors (Lipinski definition) is 0. The minimum atomic E-state index is -0.0216. The molecular formula is C19H27NO2. The van der Waals surface area contributed by atoms with Gasteiger partial charge in [-0.3, -0.25) is 9.69 Å². The number of nitrogens with zero attached hydrogens (tertiary/aromatic N) is 1. The fourth-order valence-corrected chi connectivity index (χ4v) is 4.30. The van der Waals surface area contributed by atoms with Gasteiger partial charge in [0.25, 0.3) is 0 Å². The van der Waals surface area contributed by atoms with Crippen molar-refractivity contribution in [1.82, 2.24) is 4.90 Å². The van der Waals surface area contributed by atoms with Crippen molar-refractivity contribution in [1.29, 1.82) is 0 Å². The molecule has 2 heterocycles. The van der Waals surface area contributed by atoms with Gasteiger partial charge in [0.2, 0.25) is 0 Å². The lowest BCUT2D eigenvalue weighted by atomic mass is 9.88. The van der Waals surface area contributed by atoms with Gasteiger partial charge in [-0.25, -0.2) is 0 Å². The third-order valence-corrected chi connectivity index (χ3v) is 5.26. The molecule has 0 spiro atoms. The highest BCUT2D eigenvalue weighted by atomic mass is 16.5. The minimum Gasteiger partial charge on any atom is -0.463 e. The Labute approximate surface area is 133 Å². The quantitative estimate of drug-likeness (QED) is 0.789. The van der Waals surface area contributed by atoms with Crippen LogP contribution in [0, 0.1) is 5.92 Å². The molecule has 0 N–H and O–H groups in total. The van der Waals surface area contributed by atoms with Crippen LogP contribution in [0.2, 0.25) is 0 Å². The zero-order valence-electron chi connectivity index (χ0n) is 13.9. The second kappa shape index (κ2) is 6.41. The van der Waals surface area contributed by atoms with Crippen molar-refractivity contribution in [3.63, 3.8) is 0 Å². The number of rotatable bonds is 4. The summed E-state index contributed by atoms with van der Waals surface area (Å²) in [5.74, 6) is 0.0536. The highest BCUT2D eigenvalue weighted by Crippen LogP contribution is 2.44. The Hall–Kier alpha value is -1.35. The van der Waals surface area contributed by atoms with E-state index in [-0.39, 0.29) is 18.0 Å². The van der Waals surface area contributed by atoms with E-state index >= 15 is 0 Å². The molecule has 0 radical (unpaired) electrons. The third-order valence-electron chi connectivity index (χ3n) is 5.26. The number of ether oxygens (including phenoxy) is 1. The summed E-state index contributed by atoms with van der Waals surface area (Å²) in [6.07, 6.45) is 4.42. The van der Waals surface area contributed by atoms with Crippen molar-refractivity contribution in [2.75, 3.05) is 0 Å². The summed E-state index contributed by atoms with van der Waals surface area (Å²) in [4.78, 5) is 15.0. The Kier molecular flexibility index (Phi) is 4.53. The number of hydrogen-bond acceptors (Lipinski definition) is 3. The summed E-state index contributed by atoms with van der Waals surface area (Å²) in [7, 11) is 0. The molecule has 3 heteroatoms. The van der Waals surface area contributed by atoms with E-state index in [1.165, 1.54) is 12.0 Å². The minimum absolute atomic E-state index is 0.00520. The number of piperidine rings is 1. The second-order valence-electron chi connectivity index (χ2n) is 7.00. The Morgan fingerprint density at radius 2 is 1.77 bits per heavy atom. The number of fused-ring (bicyclic) bond motifs is 2. The summed E-state index contributed by atoms with van der Waals surface area (Å²) in [6, 6.07) is 12.0. The molecule has 2 saturated heterocycles. The van der Waals surface area contributed by atoms with Gasteiger partial charge in [0.15, 0.2) is 0 Å². The summed E-state index contributed by atoms with van der Waals surface area (Å²) >= 11 is 0. The van der Waals surface area contributed by atoms with Crippen LogP contribution in [0.4, 0.5) is 0 Å². The van der Waals surface area contributed by atoms with E-state index in [0.29, 0.717) is 18.1 Å². The van der Waals surface area contributed by atoms with Crippen molar-refractivity contribution < 1.29 is 9.53 Å². The fourth-order valence-electron chi connectivity index (χ4n) is 4.30. The van der Waals surface area contributed by atoms with Crippen LogP contribution in [0.25, 0.3) is 0 Å². The highest BCUT2D eigenvalue weighted by molar-refractivity contribution is 5.73. The molecule has 22 heavy (non-hydrogen) atoms. The average molecular weight is 301 g/mol. The van der Waals surface area contributed by atoms with Crippen molar-refractivity contribution in [3.05, 3.63) is 35.9 Å². The van der Waals surface area contributed by atoms with Crippen LogP contribution in [0.1, 0.15) is 58.1 Å². The monoisotopic (exact) mass is 301 g/mol. The topological polar surface area (TPSA) is 29.5 Å². The lowest BCUT2D eigenvalue weighted by molar-refractivity contribution is -0.157. The van der Waals surface area contributed by atoms with Crippen LogP contribution < -0.4 is 0 Å². The molecule has 2 aliphatic heterocycles. The molecule has 0 unspecified atom stereocenters. The molecule has 3 nitrogen and oxygen atoms in total. The number of carbonyl (C=O) groups is 1. The fraction of sp³-hybridized carbons (Fsp3) is 0.632. The lowest BCUT2D eigenvalue weighted by Crippen LogP contribution is -2.48. The van der Waals surface area contributed by atoms with Gasteiger partial charge in [0.1, 0.15) is 0 Å². The van der Waals surface area contributed by atoms with Gasteiger partial charge in [0.05, 0.1) is 12.0 Å². The van der Waals surface area contributed by atoms with Crippen molar-refractivity contribution in [3.8, 4) is 0 Å². The predicted octanol–water partition coefficient (Wildman–Crippen LogP) is 3.94. The molecule has 0 amide bonds. The molecular weight excluding hydrogens is 274 g/mol. The van der Waals surface area contributed by atoms with Crippen LogP contribution in [0.3, 0.4) is 0 Å². The molecule has 0 aromatic heterocycles. The molecule has 1 aromatic carbocycles. The first-order chi connectivity index (χ1) is 10.6. The predicted molar refractivity (Wildman–Crippen MR) is 87.5 cm³/mol. The largest absolute Gasteiger partial charge is 0.463 e. The van der Waals surface area contributed by atoms with E-state index < -0.39 is 0 Å². The van der Waals surface area contributed by atoms with Gasteiger partial charge in [-0.1, -0.05) is 30.3 Å². The maximum atomic E-state index is 12.5. The van der Waals surface area contributed by atoms with Crippen LogP contribution in [0.5, 0.6) is 0 Å². The summed E-state index contributed by atoms with van der Waals surface area (Å²) in [5.41, 5.74) is 1.34. The lowest BCUT2D eigenvalue weighted by Gasteiger charge is -2.43. The molecule has 2 aliphatic rings. The SMILES string of the molecule is CC(C)OC(=O)[C@@H]1CC[C@H]2CC[C@@H]1N2[C@H](C)c1ccccc1. The molecule has 0 saturated carbocycles. The van der Waals surface area contributed by atoms with Crippen molar-refractivity contribution >= 4 is 5.97 Å². The number of esters is 1. The standard InChI is InChI=1S/C19H27NO2/c1-13(2)22-19(21)17-11-9-16-10-12-18(17)20(16)14(3)15-7-5-4-6-8-15/h4-8,13-14,16-18H,9-12H2,1-3H3/t14-,16+,17-,18+/m1/s1. The Balaban J connectivity index is 1.79. The van der Waals surface area contributed by atoms with E-state index in [1.54, 1.807) is 0 Å². The third kappa shape index (κ3) is 2.91. The Morgan fingerprint density at radius 1 is 1.09 bits per heavy atom. The highest BCUT2D eigenvalue weighted by Gasteiger charge is 2.47. The van der Waals surface area contributed by atoms with Crippen LogP contribution in [0.15, 0.2) is 30.3 Å². The summed E-state index contributed by atoms with van der Waals surface area (Å²) in [5, 5.41) is 0. The molecule has 4 atom stereocenters. The maximum Gasteiger partial charge on any atom is 0.310 e. The van der Waals surface area contributed by atoms with Crippen LogP contribution in [-0.2, 0) is 9.53 Å². The first-order valence-corrected chi connectivity index (χ1v) is 8.60. The van der Waals surface area contributed by atoms with Gasteiger partial charge in [-0.05, 0) is 52.0 Å². The first-order valence-electron chi connectivity index (χ1n) is 8.60. The van der Waals surface area contributed by atoms with Crippen LogP contribution >= 0.6 is 0 Å². The normalized spacial score (nSPS) is 29.5. The number of carbonyl (C=O) groups excluding carboxylic acids is 1. The zero-order valence-corrected chi connectivity index (χ0v) is 13.9. The zero-order chi connectivity index (χ0) is 15.7. The molecule has 3 rings (SSSR count).